The summed E-state index contributed by atoms with van der Waals surface area (Å²) in [7, 11) is 0. The summed E-state index contributed by atoms with van der Waals surface area (Å²) in [5, 5.41) is 0. The molecule has 3 heteroatoms. The molecule has 0 bridgehead atoms. The molecule has 82 valence electrons. The summed E-state index contributed by atoms with van der Waals surface area (Å²) in [5.74, 6) is 0. The van der Waals surface area contributed by atoms with Gasteiger partial charge in [-0.25, -0.2) is 4.39 Å². The highest BCUT2D eigenvalue weighted by Crippen LogP contribution is 2.36. The molecule has 1 saturated carbocycles. The van der Waals surface area contributed by atoms with Crippen molar-refractivity contribution in [2.75, 3.05) is 0 Å². The smallest absolute Gasteiger partial charge is 0.123 e. The van der Waals surface area contributed by atoms with Crippen LogP contribution in [0.4, 0.5) is 4.39 Å². The van der Waals surface area contributed by atoms with Gasteiger partial charge in [-0.2, -0.15) is 0 Å². The molecule has 0 saturated heterocycles. The second kappa shape index (κ2) is 3.87. The lowest BCUT2D eigenvalue weighted by Gasteiger charge is -2.11. The summed E-state index contributed by atoms with van der Waals surface area (Å²) in [6, 6.07) is 5.80. The number of nitrogens with two attached hydrogens (primary N) is 1. The Morgan fingerprint density at radius 3 is 2.67 bits per heavy atom. The molecule has 0 spiro atoms. The SMILES string of the molecule is CC(F)c1ccc(CC2(N)CC2)cc1Br. The van der Waals surface area contributed by atoms with E-state index in [4.69, 9.17) is 5.73 Å². The molecule has 0 aromatic heterocycles. The fraction of sp³-hybridized carbons (Fsp3) is 0.500. The normalized spacial score (nSPS) is 20.0. The molecule has 0 radical (unpaired) electrons. The Hall–Kier alpha value is -0.410. The summed E-state index contributed by atoms with van der Waals surface area (Å²) < 4.78 is 14.0. The Kier molecular flexibility index (Phi) is 2.86. The van der Waals surface area contributed by atoms with E-state index in [9.17, 15) is 4.39 Å². The van der Waals surface area contributed by atoms with Crippen LogP contribution in [0.5, 0.6) is 0 Å². The van der Waals surface area contributed by atoms with Crippen LogP contribution in [0.2, 0.25) is 0 Å². The molecule has 1 unspecified atom stereocenters. The Morgan fingerprint density at radius 1 is 1.53 bits per heavy atom. The molecule has 1 nitrogen and oxygen atoms in total. The number of halogens is 2. The van der Waals surface area contributed by atoms with Gasteiger partial charge in [0.1, 0.15) is 6.17 Å². The average molecular weight is 272 g/mol. The van der Waals surface area contributed by atoms with E-state index in [0.29, 0.717) is 5.56 Å². The van der Waals surface area contributed by atoms with E-state index in [1.165, 1.54) is 5.56 Å². The number of benzene rings is 1. The van der Waals surface area contributed by atoms with Gasteiger partial charge in [-0.15, -0.1) is 0 Å². The zero-order valence-electron chi connectivity index (χ0n) is 8.76. The van der Waals surface area contributed by atoms with E-state index in [2.05, 4.69) is 15.9 Å². The standard InChI is InChI=1S/C12H15BrFN/c1-8(14)10-3-2-9(6-11(10)13)7-12(15)4-5-12/h2-3,6,8H,4-5,7,15H2,1H3. The van der Waals surface area contributed by atoms with Gasteiger partial charge in [0, 0.05) is 10.0 Å². The maximum absolute atomic E-state index is 13.1. The summed E-state index contributed by atoms with van der Waals surface area (Å²) in [4.78, 5) is 0. The van der Waals surface area contributed by atoms with Crippen molar-refractivity contribution in [1.29, 1.82) is 0 Å². The first-order valence-electron chi connectivity index (χ1n) is 5.21. The van der Waals surface area contributed by atoms with Crippen molar-refractivity contribution >= 4 is 15.9 Å². The topological polar surface area (TPSA) is 26.0 Å². The van der Waals surface area contributed by atoms with Crippen molar-refractivity contribution < 1.29 is 4.39 Å². The largest absolute Gasteiger partial charge is 0.325 e. The van der Waals surface area contributed by atoms with E-state index >= 15 is 0 Å². The molecule has 1 aliphatic carbocycles. The van der Waals surface area contributed by atoms with Crippen LogP contribution in [0.15, 0.2) is 22.7 Å². The van der Waals surface area contributed by atoms with Crippen molar-refractivity contribution in [2.24, 2.45) is 5.73 Å². The van der Waals surface area contributed by atoms with Gasteiger partial charge >= 0.3 is 0 Å². The van der Waals surface area contributed by atoms with E-state index < -0.39 is 6.17 Å². The van der Waals surface area contributed by atoms with E-state index in [0.717, 1.165) is 23.7 Å². The highest BCUT2D eigenvalue weighted by Gasteiger charge is 2.37. The van der Waals surface area contributed by atoms with Gasteiger partial charge in [0.2, 0.25) is 0 Å². The van der Waals surface area contributed by atoms with Crippen molar-refractivity contribution in [2.45, 2.75) is 37.9 Å². The monoisotopic (exact) mass is 271 g/mol. The van der Waals surface area contributed by atoms with Crippen LogP contribution in [0.25, 0.3) is 0 Å². The van der Waals surface area contributed by atoms with Gasteiger partial charge in [-0.1, -0.05) is 28.1 Å². The zero-order chi connectivity index (χ0) is 11.1. The fourth-order valence-corrected chi connectivity index (χ4v) is 2.49. The number of alkyl halides is 1. The van der Waals surface area contributed by atoms with Crippen molar-refractivity contribution in [1.82, 2.24) is 0 Å². The van der Waals surface area contributed by atoms with Crippen LogP contribution in [-0.2, 0) is 6.42 Å². The summed E-state index contributed by atoms with van der Waals surface area (Å²) in [5.41, 5.74) is 7.95. The minimum atomic E-state index is -0.929. The zero-order valence-corrected chi connectivity index (χ0v) is 10.3. The van der Waals surface area contributed by atoms with Crippen LogP contribution >= 0.6 is 15.9 Å². The lowest BCUT2D eigenvalue weighted by atomic mass is 10.0. The molecule has 0 aliphatic heterocycles. The minimum absolute atomic E-state index is 0.0162. The third kappa shape index (κ3) is 2.58. The molecule has 0 heterocycles. The van der Waals surface area contributed by atoms with Gasteiger partial charge in [0.25, 0.3) is 0 Å². The van der Waals surface area contributed by atoms with Crippen molar-refractivity contribution in [3.05, 3.63) is 33.8 Å². The van der Waals surface area contributed by atoms with Crippen LogP contribution in [0, 0.1) is 0 Å². The second-order valence-electron chi connectivity index (χ2n) is 4.51. The Labute approximate surface area is 98.0 Å². The Balaban J connectivity index is 2.17. The molecule has 1 fully saturated rings. The first-order valence-corrected chi connectivity index (χ1v) is 6.01. The lowest BCUT2D eigenvalue weighted by Crippen LogP contribution is -2.24. The molecule has 1 aliphatic rings. The van der Waals surface area contributed by atoms with Gasteiger partial charge in [0.15, 0.2) is 0 Å². The summed E-state index contributed by atoms with van der Waals surface area (Å²) >= 11 is 3.39. The molecule has 0 amide bonds. The lowest BCUT2D eigenvalue weighted by molar-refractivity contribution is 0.373. The molecule has 2 N–H and O–H groups in total. The molecular formula is C12H15BrFN. The molecular weight excluding hydrogens is 257 g/mol. The van der Waals surface area contributed by atoms with E-state index in [-0.39, 0.29) is 5.54 Å². The maximum atomic E-state index is 13.1. The van der Waals surface area contributed by atoms with Gasteiger partial charge in [-0.3, -0.25) is 0 Å². The van der Waals surface area contributed by atoms with Crippen LogP contribution < -0.4 is 5.73 Å². The predicted molar refractivity (Wildman–Crippen MR) is 63.5 cm³/mol. The number of rotatable bonds is 3. The summed E-state index contributed by atoms with van der Waals surface area (Å²) in [6.07, 6.45) is 2.17. The Morgan fingerprint density at radius 2 is 2.20 bits per heavy atom. The molecule has 2 rings (SSSR count). The molecule has 1 aromatic carbocycles. The maximum Gasteiger partial charge on any atom is 0.123 e. The minimum Gasteiger partial charge on any atom is -0.325 e. The third-order valence-corrected chi connectivity index (χ3v) is 3.63. The highest BCUT2D eigenvalue weighted by molar-refractivity contribution is 9.10. The number of hydrogen-bond acceptors (Lipinski definition) is 1. The quantitative estimate of drug-likeness (QED) is 0.895. The van der Waals surface area contributed by atoms with E-state index in [1.807, 2.05) is 18.2 Å². The Bertz CT molecular complexity index is 372. The average Bonchev–Trinajstić information content (AvgIpc) is 2.82. The van der Waals surface area contributed by atoms with Crippen molar-refractivity contribution in [3.8, 4) is 0 Å². The highest BCUT2D eigenvalue weighted by atomic mass is 79.9. The van der Waals surface area contributed by atoms with Gasteiger partial charge in [-0.05, 0) is 43.4 Å². The summed E-state index contributed by atoms with van der Waals surface area (Å²) in [6.45, 7) is 1.55. The second-order valence-corrected chi connectivity index (χ2v) is 5.37. The van der Waals surface area contributed by atoms with Gasteiger partial charge < -0.3 is 5.73 Å². The molecule has 1 atom stereocenters. The first kappa shape index (κ1) is 11.1. The van der Waals surface area contributed by atoms with Crippen LogP contribution in [-0.4, -0.2) is 5.54 Å². The van der Waals surface area contributed by atoms with Crippen LogP contribution in [0.1, 0.15) is 37.1 Å². The van der Waals surface area contributed by atoms with Crippen molar-refractivity contribution in [3.63, 3.8) is 0 Å². The van der Waals surface area contributed by atoms with Crippen LogP contribution in [0.3, 0.4) is 0 Å². The van der Waals surface area contributed by atoms with Gasteiger partial charge in [0.05, 0.1) is 0 Å². The molecule has 15 heavy (non-hydrogen) atoms. The third-order valence-electron chi connectivity index (χ3n) is 2.94. The fourth-order valence-electron chi connectivity index (χ4n) is 1.75. The predicted octanol–water partition coefficient (Wildman–Crippen LogP) is 3.51. The molecule has 1 aromatic rings. The van der Waals surface area contributed by atoms with E-state index in [1.54, 1.807) is 6.92 Å². The first-order chi connectivity index (χ1) is 7.00. The number of hydrogen-bond donors (Lipinski definition) is 1.